The molecule has 0 bridgehead atoms. The van der Waals surface area contributed by atoms with Crippen LogP contribution in [0, 0.1) is 11.8 Å². The Bertz CT molecular complexity index is 428. The van der Waals surface area contributed by atoms with Gasteiger partial charge in [-0.3, -0.25) is 5.10 Å². The first kappa shape index (κ1) is 14.8. The number of aromatic nitrogens is 3. The van der Waals surface area contributed by atoms with E-state index in [1.807, 2.05) is 0 Å². The van der Waals surface area contributed by atoms with Gasteiger partial charge in [0, 0.05) is 25.6 Å². The van der Waals surface area contributed by atoms with Crippen molar-refractivity contribution in [3.63, 3.8) is 0 Å². The van der Waals surface area contributed by atoms with E-state index in [0.717, 1.165) is 43.2 Å². The molecule has 3 heterocycles. The van der Waals surface area contributed by atoms with Crippen LogP contribution in [0.25, 0.3) is 0 Å². The van der Waals surface area contributed by atoms with Crippen LogP contribution in [0.15, 0.2) is 0 Å². The molecule has 0 saturated carbocycles. The number of nitrogens with zero attached hydrogens (tertiary/aromatic N) is 3. The lowest BCUT2D eigenvalue weighted by molar-refractivity contribution is 0.317. The summed E-state index contributed by atoms with van der Waals surface area (Å²) < 4.78 is 0. The molecule has 21 heavy (non-hydrogen) atoms. The van der Waals surface area contributed by atoms with Gasteiger partial charge in [-0.05, 0) is 50.5 Å². The zero-order valence-electron chi connectivity index (χ0n) is 13.4. The van der Waals surface area contributed by atoms with E-state index in [9.17, 15) is 0 Å². The summed E-state index contributed by atoms with van der Waals surface area (Å²) in [5, 5.41) is 11.2. The van der Waals surface area contributed by atoms with E-state index in [-0.39, 0.29) is 0 Å². The molecule has 0 spiro atoms. The molecule has 5 nitrogen and oxygen atoms in total. The standard InChI is InChI=1S/C16H29N5/c1-12(2)5-6-15-18-16(20-19-15)21-10-7-13(8-11-21)14-4-3-9-17-14/h12-14,17H,3-11H2,1-2H3,(H,18,19,20). The Labute approximate surface area is 127 Å². The highest BCUT2D eigenvalue weighted by atomic mass is 15.4. The summed E-state index contributed by atoms with van der Waals surface area (Å²) >= 11 is 0. The van der Waals surface area contributed by atoms with E-state index in [1.165, 1.54) is 38.6 Å². The Kier molecular flexibility index (Phi) is 4.78. The third kappa shape index (κ3) is 3.76. The van der Waals surface area contributed by atoms with Gasteiger partial charge in [-0.15, -0.1) is 5.10 Å². The third-order valence-electron chi connectivity index (χ3n) is 4.97. The van der Waals surface area contributed by atoms with Crippen LogP contribution >= 0.6 is 0 Å². The number of piperidine rings is 1. The Balaban J connectivity index is 1.49. The van der Waals surface area contributed by atoms with Crippen LogP contribution < -0.4 is 10.2 Å². The smallest absolute Gasteiger partial charge is 0.244 e. The van der Waals surface area contributed by atoms with Crippen molar-refractivity contribution in [2.45, 2.75) is 58.4 Å². The highest BCUT2D eigenvalue weighted by molar-refractivity contribution is 5.29. The van der Waals surface area contributed by atoms with Crippen molar-refractivity contribution in [2.75, 3.05) is 24.5 Å². The number of hydrogen-bond donors (Lipinski definition) is 2. The maximum Gasteiger partial charge on any atom is 0.244 e. The summed E-state index contributed by atoms with van der Waals surface area (Å²) in [6, 6.07) is 0.765. The Hall–Kier alpha value is -1.10. The number of aromatic amines is 1. The first-order valence-electron chi connectivity index (χ1n) is 8.62. The predicted molar refractivity (Wildman–Crippen MR) is 85.5 cm³/mol. The molecule has 1 aromatic heterocycles. The van der Waals surface area contributed by atoms with Crippen LogP contribution in [0.2, 0.25) is 0 Å². The van der Waals surface area contributed by atoms with Crippen molar-refractivity contribution >= 4 is 5.95 Å². The van der Waals surface area contributed by atoms with E-state index in [2.05, 4.69) is 39.2 Å². The molecule has 0 radical (unpaired) electrons. The van der Waals surface area contributed by atoms with Crippen molar-refractivity contribution in [2.24, 2.45) is 11.8 Å². The fraction of sp³-hybridized carbons (Fsp3) is 0.875. The normalized spacial score (nSPS) is 24.1. The van der Waals surface area contributed by atoms with Gasteiger partial charge in [-0.2, -0.15) is 4.98 Å². The van der Waals surface area contributed by atoms with Gasteiger partial charge in [0.05, 0.1) is 0 Å². The van der Waals surface area contributed by atoms with Crippen LogP contribution in [0.4, 0.5) is 5.95 Å². The molecule has 0 aliphatic carbocycles. The first-order valence-corrected chi connectivity index (χ1v) is 8.62. The molecule has 3 rings (SSSR count). The molecule has 2 aliphatic heterocycles. The maximum absolute atomic E-state index is 4.67. The largest absolute Gasteiger partial charge is 0.340 e. The van der Waals surface area contributed by atoms with Crippen LogP contribution in [0.1, 0.15) is 51.8 Å². The van der Waals surface area contributed by atoms with E-state index in [1.54, 1.807) is 0 Å². The Morgan fingerprint density at radius 3 is 2.71 bits per heavy atom. The van der Waals surface area contributed by atoms with E-state index in [4.69, 9.17) is 0 Å². The second kappa shape index (κ2) is 6.77. The minimum atomic E-state index is 0.716. The molecule has 0 aromatic carbocycles. The second-order valence-corrected chi connectivity index (χ2v) is 7.04. The zero-order chi connectivity index (χ0) is 14.7. The molecule has 2 aliphatic rings. The number of aryl methyl sites for hydroxylation is 1. The minimum Gasteiger partial charge on any atom is -0.340 e. The third-order valence-corrected chi connectivity index (χ3v) is 4.97. The average Bonchev–Trinajstić information content (AvgIpc) is 3.17. The van der Waals surface area contributed by atoms with Crippen molar-refractivity contribution in [1.82, 2.24) is 20.5 Å². The summed E-state index contributed by atoms with van der Waals surface area (Å²) in [6.45, 7) is 7.91. The quantitative estimate of drug-likeness (QED) is 0.874. The van der Waals surface area contributed by atoms with Crippen LogP contribution in [-0.2, 0) is 6.42 Å². The highest BCUT2D eigenvalue weighted by Gasteiger charge is 2.29. The number of anilines is 1. The van der Waals surface area contributed by atoms with Crippen molar-refractivity contribution in [3.8, 4) is 0 Å². The van der Waals surface area contributed by atoms with Gasteiger partial charge >= 0.3 is 0 Å². The topological polar surface area (TPSA) is 56.8 Å². The second-order valence-electron chi connectivity index (χ2n) is 7.04. The van der Waals surface area contributed by atoms with Gasteiger partial charge in [-0.1, -0.05) is 13.8 Å². The van der Waals surface area contributed by atoms with Crippen molar-refractivity contribution < 1.29 is 0 Å². The lowest BCUT2D eigenvalue weighted by Gasteiger charge is -2.34. The molecule has 1 atom stereocenters. The molecule has 118 valence electrons. The summed E-state index contributed by atoms with van der Waals surface area (Å²) in [5.41, 5.74) is 0. The van der Waals surface area contributed by atoms with E-state index in [0.29, 0.717) is 5.92 Å². The van der Waals surface area contributed by atoms with Gasteiger partial charge in [0.15, 0.2) is 0 Å². The van der Waals surface area contributed by atoms with Crippen LogP contribution in [0.5, 0.6) is 0 Å². The Morgan fingerprint density at radius 2 is 2.05 bits per heavy atom. The lowest BCUT2D eigenvalue weighted by atomic mass is 9.89. The Morgan fingerprint density at radius 1 is 1.24 bits per heavy atom. The van der Waals surface area contributed by atoms with Crippen LogP contribution in [-0.4, -0.2) is 40.9 Å². The van der Waals surface area contributed by atoms with Gasteiger partial charge in [0.1, 0.15) is 5.82 Å². The van der Waals surface area contributed by atoms with E-state index >= 15 is 0 Å². The molecule has 1 unspecified atom stereocenters. The highest BCUT2D eigenvalue weighted by Crippen LogP contribution is 2.27. The predicted octanol–water partition coefficient (Wildman–Crippen LogP) is 2.36. The molecule has 5 heteroatoms. The molecular weight excluding hydrogens is 262 g/mol. The van der Waals surface area contributed by atoms with E-state index < -0.39 is 0 Å². The fourth-order valence-corrected chi connectivity index (χ4v) is 3.58. The molecule has 0 amide bonds. The van der Waals surface area contributed by atoms with Gasteiger partial charge in [-0.25, -0.2) is 0 Å². The number of nitrogens with one attached hydrogen (secondary N) is 2. The first-order chi connectivity index (χ1) is 10.2. The lowest BCUT2D eigenvalue weighted by Crippen LogP contribution is -2.41. The van der Waals surface area contributed by atoms with Gasteiger partial charge in [0.2, 0.25) is 5.95 Å². The fourth-order valence-electron chi connectivity index (χ4n) is 3.58. The monoisotopic (exact) mass is 291 g/mol. The molecule has 2 fully saturated rings. The summed E-state index contributed by atoms with van der Waals surface area (Å²) in [6.07, 6.45) is 7.44. The SMILES string of the molecule is CC(C)CCc1nc(N2CCC(C3CCCN3)CC2)n[nH]1. The maximum atomic E-state index is 4.67. The summed E-state index contributed by atoms with van der Waals surface area (Å²) in [4.78, 5) is 7.02. The van der Waals surface area contributed by atoms with Crippen LogP contribution in [0.3, 0.4) is 0 Å². The van der Waals surface area contributed by atoms with Crippen molar-refractivity contribution in [3.05, 3.63) is 5.82 Å². The molecule has 2 N–H and O–H groups in total. The number of H-pyrrole nitrogens is 1. The minimum absolute atomic E-state index is 0.716. The van der Waals surface area contributed by atoms with Gasteiger partial charge < -0.3 is 10.2 Å². The molecule has 1 aromatic rings. The average molecular weight is 291 g/mol. The van der Waals surface area contributed by atoms with Crippen molar-refractivity contribution in [1.29, 1.82) is 0 Å². The number of hydrogen-bond acceptors (Lipinski definition) is 4. The zero-order valence-corrected chi connectivity index (χ0v) is 13.4. The molecular formula is C16H29N5. The van der Waals surface area contributed by atoms with Gasteiger partial charge in [0.25, 0.3) is 0 Å². The summed E-state index contributed by atoms with van der Waals surface area (Å²) in [5.74, 6) is 3.51. The number of rotatable bonds is 5. The molecule has 2 saturated heterocycles. The summed E-state index contributed by atoms with van der Waals surface area (Å²) in [7, 11) is 0.